The summed E-state index contributed by atoms with van der Waals surface area (Å²) in [5.41, 5.74) is 1.41. The molecule has 7 heteroatoms. The van der Waals surface area contributed by atoms with Gasteiger partial charge in [0.05, 0.1) is 22.8 Å². The Hall–Kier alpha value is -2.64. The smallest absolute Gasteiger partial charge is 0.335 e. The topological polar surface area (TPSA) is 66.8 Å². The molecule has 26 heavy (non-hydrogen) atoms. The second kappa shape index (κ2) is 7.72. The minimum Gasteiger partial charge on any atom is -0.494 e. The van der Waals surface area contributed by atoms with Crippen LogP contribution in [-0.2, 0) is 4.79 Å². The van der Waals surface area contributed by atoms with Crippen LogP contribution < -0.4 is 9.64 Å². The summed E-state index contributed by atoms with van der Waals surface area (Å²) in [6.45, 7) is 2.51. The summed E-state index contributed by atoms with van der Waals surface area (Å²) in [5.74, 6) is -0.554. The number of amides is 1. The average molecular weight is 385 g/mol. The van der Waals surface area contributed by atoms with E-state index in [2.05, 4.69) is 0 Å². The monoisotopic (exact) mass is 385 g/mol. The molecular formula is C19H15NO4S2. The number of carbonyl (C=O) groups is 2. The lowest BCUT2D eigenvalue weighted by atomic mass is 10.2. The van der Waals surface area contributed by atoms with Crippen molar-refractivity contribution < 1.29 is 19.4 Å². The maximum Gasteiger partial charge on any atom is 0.335 e. The molecule has 1 N–H and O–H groups in total. The standard InChI is InChI=1S/C19H15NO4S2/c1-2-24-15-8-6-12(7-9-15)10-16-17(21)20(19(25)26-16)14-5-3-4-13(11-14)18(22)23/h3-11H,2H2,1H3,(H,22,23). The fourth-order valence-corrected chi connectivity index (χ4v) is 3.75. The molecule has 2 aromatic rings. The molecule has 0 aromatic heterocycles. The molecule has 0 spiro atoms. The normalized spacial score (nSPS) is 15.6. The highest BCUT2D eigenvalue weighted by molar-refractivity contribution is 8.27. The summed E-state index contributed by atoms with van der Waals surface area (Å²) in [4.78, 5) is 25.7. The third-order valence-corrected chi connectivity index (χ3v) is 4.94. The second-order valence-electron chi connectivity index (χ2n) is 5.37. The van der Waals surface area contributed by atoms with Crippen LogP contribution in [0.5, 0.6) is 5.75 Å². The molecule has 2 aromatic carbocycles. The summed E-state index contributed by atoms with van der Waals surface area (Å²) in [6.07, 6.45) is 1.76. The van der Waals surface area contributed by atoms with Gasteiger partial charge in [-0.15, -0.1) is 0 Å². The fourth-order valence-electron chi connectivity index (χ4n) is 2.45. The van der Waals surface area contributed by atoms with E-state index >= 15 is 0 Å². The van der Waals surface area contributed by atoms with Gasteiger partial charge in [-0.2, -0.15) is 0 Å². The zero-order chi connectivity index (χ0) is 18.7. The van der Waals surface area contributed by atoms with E-state index in [4.69, 9.17) is 22.1 Å². The van der Waals surface area contributed by atoms with Crippen LogP contribution in [0, 0.1) is 0 Å². The molecule has 0 radical (unpaired) electrons. The number of hydrogen-bond donors (Lipinski definition) is 1. The van der Waals surface area contributed by atoms with Crippen molar-refractivity contribution in [3.8, 4) is 5.75 Å². The van der Waals surface area contributed by atoms with E-state index in [1.54, 1.807) is 18.2 Å². The lowest BCUT2D eigenvalue weighted by Gasteiger charge is -2.14. The lowest BCUT2D eigenvalue weighted by molar-refractivity contribution is -0.113. The summed E-state index contributed by atoms with van der Waals surface area (Å²) in [5, 5.41) is 9.13. The zero-order valence-corrected chi connectivity index (χ0v) is 15.5. The Bertz CT molecular complexity index is 906. The number of aromatic carboxylic acids is 1. The van der Waals surface area contributed by atoms with Crippen LogP contribution >= 0.6 is 24.0 Å². The van der Waals surface area contributed by atoms with Gasteiger partial charge in [0, 0.05) is 0 Å². The molecule has 132 valence electrons. The molecule has 1 saturated heterocycles. The molecule has 0 atom stereocenters. The van der Waals surface area contributed by atoms with Crippen LogP contribution in [0.4, 0.5) is 5.69 Å². The Morgan fingerprint density at radius 3 is 2.65 bits per heavy atom. The van der Waals surface area contributed by atoms with E-state index in [1.807, 2.05) is 31.2 Å². The van der Waals surface area contributed by atoms with E-state index in [9.17, 15) is 9.59 Å². The van der Waals surface area contributed by atoms with Crippen molar-refractivity contribution >= 4 is 51.9 Å². The average Bonchev–Trinajstić information content (AvgIpc) is 2.90. The predicted molar refractivity (Wildman–Crippen MR) is 107 cm³/mol. The summed E-state index contributed by atoms with van der Waals surface area (Å²) >= 11 is 6.51. The summed E-state index contributed by atoms with van der Waals surface area (Å²) in [6, 6.07) is 13.6. The van der Waals surface area contributed by atoms with Crippen LogP contribution in [-0.4, -0.2) is 27.9 Å². The number of rotatable bonds is 5. The molecule has 1 heterocycles. The van der Waals surface area contributed by atoms with Gasteiger partial charge >= 0.3 is 5.97 Å². The van der Waals surface area contributed by atoms with Crippen LogP contribution in [0.25, 0.3) is 6.08 Å². The van der Waals surface area contributed by atoms with Gasteiger partial charge in [-0.05, 0) is 48.9 Å². The first kappa shape index (κ1) is 18.2. The molecule has 1 aliphatic heterocycles. The van der Waals surface area contributed by atoms with Crippen LogP contribution in [0.15, 0.2) is 53.4 Å². The van der Waals surface area contributed by atoms with Gasteiger partial charge in [-0.1, -0.05) is 42.2 Å². The number of hydrogen-bond acceptors (Lipinski definition) is 5. The highest BCUT2D eigenvalue weighted by atomic mass is 32.2. The minimum absolute atomic E-state index is 0.104. The molecule has 0 aliphatic carbocycles. The molecule has 1 amide bonds. The number of thiocarbonyl (C=S) groups is 1. The van der Waals surface area contributed by atoms with Gasteiger partial charge in [0.1, 0.15) is 5.75 Å². The number of benzene rings is 2. The van der Waals surface area contributed by atoms with Crippen molar-refractivity contribution in [2.75, 3.05) is 11.5 Å². The lowest BCUT2D eigenvalue weighted by Crippen LogP contribution is -2.27. The van der Waals surface area contributed by atoms with Crippen molar-refractivity contribution in [3.05, 3.63) is 64.6 Å². The van der Waals surface area contributed by atoms with Crippen LogP contribution in [0.1, 0.15) is 22.8 Å². The summed E-state index contributed by atoms with van der Waals surface area (Å²) in [7, 11) is 0. The van der Waals surface area contributed by atoms with Gasteiger partial charge < -0.3 is 9.84 Å². The van der Waals surface area contributed by atoms with Crippen molar-refractivity contribution in [2.24, 2.45) is 0 Å². The Balaban J connectivity index is 1.86. The first-order valence-electron chi connectivity index (χ1n) is 7.84. The van der Waals surface area contributed by atoms with Crippen molar-refractivity contribution in [2.45, 2.75) is 6.92 Å². The van der Waals surface area contributed by atoms with Gasteiger partial charge in [-0.25, -0.2) is 4.79 Å². The highest BCUT2D eigenvalue weighted by Gasteiger charge is 2.33. The molecule has 1 fully saturated rings. The number of thioether (sulfide) groups is 1. The van der Waals surface area contributed by atoms with Gasteiger partial charge in [0.2, 0.25) is 0 Å². The first-order chi connectivity index (χ1) is 12.5. The third kappa shape index (κ3) is 3.79. The molecule has 5 nitrogen and oxygen atoms in total. The van der Waals surface area contributed by atoms with Crippen LogP contribution in [0.3, 0.4) is 0 Å². The first-order valence-corrected chi connectivity index (χ1v) is 9.06. The van der Waals surface area contributed by atoms with Crippen molar-refractivity contribution in [3.63, 3.8) is 0 Å². The Labute approximate surface area is 160 Å². The van der Waals surface area contributed by atoms with E-state index in [-0.39, 0.29) is 11.5 Å². The number of anilines is 1. The molecule has 0 bridgehead atoms. The molecule has 1 aliphatic rings. The van der Waals surface area contributed by atoms with Gasteiger partial charge in [-0.3, -0.25) is 9.69 Å². The number of nitrogens with zero attached hydrogens (tertiary/aromatic N) is 1. The van der Waals surface area contributed by atoms with Crippen LogP contribution in [0.2, 0.25) is 0 Å². The maximum absolute atomic E-state index is 12.7. The van der Waals surface area contributed by atoms with E-state index in [0.717, 1.165) is 11.3 Å². The largest absolute Gasteiger partial charge is 0.494 e. The number of carbonyl (C=O) groups excluding carboxylic acids is 1. The zero-order valence-electron chi connectivity index (χ0n) is 13.8. The highest BCUT2D eigenvalue weighted by Crippen LogP contribution is 2.36. The Kier molecular flexibility index (Phi) is 5.39. The third-order valence-electron chi connectivity index (χ3n) is 3.63. The second-order valence-corrected chi connectivity index (χ2v) is 7.05. The SMILES string of the molecule is CCOc1ccc(C=C2SC(=S)N(c3cccc(C(=O)O)c3)C2=O)cc1. The molecule has 3 rings (SSSR count). The Morgan fingerprint density at radius 2 is 2.00 bits per heavy atom. The van der Waals surface area contributed by atoms with Crippen molar-refractivity contribution in [1.82, 2.24) is 0 Å². The van der Waals surface area contributed by atoms with E-state index in [1.165, 1.54) is 28.8 Å². The quantitative estimate of drug-likeness (QED) is 0.615. The number of carboxylic acids is 1. The molecule has 0 unspecified atom stereocenters. The maximum atomic E-state index is 12.7. The molecule has 0 saturated carbocycles. The fraction of sp³-hybridized carbons (Fsp3) is 0.105. The number of ether oxygens (including phenoxy) is 1. The minimum atomic E-state index is -1.05. The molecular weight excluding hydrogens is 370 g/mol. The summed E-state index contributed by atoms with van der Waals surface area (Å²) < 4.78 is 5.77. The number of carboxylic acid groups (broad SMARTS) is 1. The van der Waals surface area contributed by atoms with E-state index < -0.39 is 5.97 Å². The van der Waals surface area contributed by atoms with E-state index in [0.29, 0.717) is 21.5 Å². The Morgan fingerprint density at radius 1 is 1.27 bits per heavy atom. The van der Waals surface area contributed by atoms with Gasteiger partial charge in [0.15, 0.2) is 4.32 Å². The predicted octanol–water partition coefficient (Wildman–Crippen LogP) is 4.19. The van der Waals surface area contributed by atoms with Gasteiger partial charge in [0.25, 0.3) is 5.91 Å². The van der Waals surface area contributed by atoms with Crippen molar-refractivity contribution in [1.29, 1.82) is 0 Å².